The van der Waals surface area contributed by atoms with Gasteiger partial charge in [-0.2, -0.15) is 42.3 Å². The summed E-state index contributed by atoms with van der Waals surface area (Å²) in [4.78, 5) is 0. The van der Waals surface area contributed by atoms with Crippen LogP contribution in [0, 0.1) is 13.8 Å². The fraction of sp³-hybridized carbons (Fsp3) is 0.727. The molecular weight excluding hydrogens is 250 g/mol. The fourth-order valence-electron chi connectivity index (χ4n) is 0.518. The molecule has 0 aliphatic carbocycles. The van der Waals surface area contributed by atoms with E-state index in [1.165, 1.54) is 0 Å². The van der Waals surface area contributed by atoms with Crippen molar-refractivity contribution in [2.75, 3.05) is 42.3 Å². The van der Waals surface area contributed by atoms with Crippen LogP contribution < -0.4 is 5.10 Å². The molecule has 0 saturated carbocycles. The van der Waals surface area contributed by atoms with Crippen LogP contribution >= 0.6 is 0 Å². The summed E-state index contributed by atoms with van der Waals surface area (Å²) in [7, 11) is 10.5. The Balaban J connectivity index is -0.0000000734. The van der Waals surface area contributed by atoms with Gasteiger partial charge in [0.25, 0.3) is 0 Å². The maximum absolute atomic E-state index is 3.77. The van der Waals surface area contributed by atoms with Crippen LogP contribution in [0.4, 0.5) is 0 Å². The third-order valence-electron chi connectivity index (χ3n) is 0.783. The summed E-state index contributed by atoms with van der Waals surface area (Å²) >= 11 is 0. The van der Waals surface area contributed by atoms with Gasteiger partial charge in [0.1, 0.15) is 0 Å². The van der Waals surface area contributed by atoms with Crippen molar-refractivity contribution in [1.29, 1.82) is 0 Å². The maximum atomic E-state index is 3.77. The van der Waals surface area contributed by atoms with E-state index in [9.17, 15) is 0 Å². The average molecular weight is 275 g/mol. The first-order valence-electron chi connectivity index (χ1n) is 4.91. The molecule has 0 bridgehead atoms. The van der Waals surface area contributed by atoms with Gasteiger partial charge < -0.3 is 26.1 Å². The third kappa shape index (κ3) is 38.9. The number of rotatable bonds is 0. The predicted molar refractivity (Wildman–Crippen MR) is 72.7 cm³/mol. The van der Waals surface area contributed by atoms with Crippen LogP contribution in [0.2, 0.25) is 0 Å². The van der Waals surface area contributed by atoms with Crippen molar-refractivity contribution in [3.8, 4) is 0 Å². The summed E-state index contributed by atoms with van der Waals surface area (Å²) in [5, 5.41) is 18.0. The normalized spacial score (nSPS) is 7.06. The average Bonchev–Trinajstić information content (AvgIpc) is 2.54. The smallest absolute Gasteiger partial charge is 0.668 e. The zero-order chi connectivity index (χ0) is 13.4. The van der Waals surface area contributed by atoms with E-state index >= 15 is 0 Å². The van der Waals surface area contributed by atoms with Crippen LogP contribution in [-0.2, 0) is 21.7 Å². The Bertz CT molecular complexity index is 182. The molecule has 1 aromatic rings. The summed E-state index contributed by atoms with van der Waals surface area (Å²) in [6.45, 7) is 3.86. The van der Waals surface area contributed by atoms with E-state index in [0.717, 1.165) is 11.4 Å². The van der Waals surface area contributed by atoms with Crippen LogP contribution in [0.25, 0.3) is 16.0 Å². The zero-order valence-electron chi connectivity index (χ0n) is 12.3. The molecule has 0 unspecified atom stereocenters. The molecule has 0 fully saturated rings. The Kier molecular flexibility index (Phi) is 37.4. The molecule has 1 rings (SSSR count). The monoisotopic (exact) mass is 275 g/mol. The fourth-order valence-corrected chi connectivity index (χ4v) is 0.518. The third-order valence-corrected chi connectivity index (χ3v) is 0.783. The van der Waals surface area contributed by atoms with Crippen molar-refractivity contribution in [1.82, 2.24) is 10.2 Å². The van der Waals surface area contributed by atoms with Crippen LogP contribution in [0.3, 0.4) is 0 Å². The Morgan fingerprint density at radius 1 is 0.882 bits per heavy atom. The van der Waals surface area contributed by atoms with Crippen molar-refractivity contribution in [3.05, 3.63) is 33.4 Å². The van der Waals surface area contributed by atoms with E-state index in [1.807, 2.05) is 19.9 Å². The van der Waals surface area contributed by atoms with Gasteiger partial charge in [-0.25, -0.2) is 0 Å². The molecule has 0 aliphatic rings. The standard InChI is InChI=1S/C5H7N2.3C2H6N.Ti/c1-4-3-5(2)7-6-4;3*1-3-2;/h3H,1-2H3;3*1-2H3;/q4*-1;+4. The number of hydrogen-bond donors (Lipinski definition) is 0. The van der Waals surface area contributed by atoms with Crippen molar-refractivity contribution in [2.45, 2.75) is 13.8 Å². The van der Waals surface area contributed by atoms with Gasteiger partial charge in [0.2, 0.25) is 0 Å². The van der Waals surface area contributed by atoms with E-state index in [1.54, 1.807) is 42.3 Å². The van der Waals surface area contributed by atoms with Gasteiger partial charge in [0, 0.05) is 5.69 Å². The molecule has 98 valence electrons. The van der Waals surface area contributed by atoms with E-state index in [4.69, 9.17) is 0 Å². The van der Waals surface area contributed by atoms with Gasteiger partial charge in [-0.3, -0.25) is 0 Å². The predicted octanol–water partition coefficient (Wildman–Crippen LogP) is 2.51. The van der Waals surface area contributed by atoms with Gasteiger partial charge in [0.15, 0.2) is 0 Å². The minimum absolute atomic E-state index is 0. The van der Waals surface area contributed by atoms with Crippen LogP contribution in [-0.4, -0.2) is 47.4 Å². The molecule has 0 saturated heterocycles. The Hall–Kier alpha value is -0.196. The van der Waals surface area contributed by atoms with Crippen molar-refractivity contribution in [2.24, 2.45) is 0 Å². The topological polar surface area (TPSA) is 69.3 Å². The summed E-state index contributed by atoms with van der Waals surface area (Å²) < 4.78 is 0. The second-order valence-electron chi connectivity index (χ2n) is 2.97. The summed E-state index contributed by atoms with van der Waals surface area (Å²) in [5.74, 6) is 0. The summed E-state index contributed by atoms with van der Waals surface area (Å²) in [5.41, 5.74) is 2.00. The van der Waals surface area contributed by atoms with Gasteiger partial charge in [0.05, 0.1) is 0 Å². The minimum Gasteiger partial charge on any atom is -0.668 e. The van der Waals surface area contributed by atoms with Gasteiger partial charge in [-0.05, 0) is 6.92 Å². The van der Waals surface area contributed by atoms with Crippen molar-refractivity contribution in [3.63, 3.8) is 0 Å². The van der Waals surface area contributed by atoms with E-state index in [-0.39, 0.29) is 21.7 Å². The van der Waals surface area contributed by atoms with Crippen LogP contribution in [0.1, 0.15) is 11.4 Å². The molecule has 5 nitrogen and oxygen atoms in total. The van der Waals surface area contributed by atoms with E-state index in [0.29, 0.717) is 0 Å². The van der Waals surface area contributed by atoms with Crippen LogP contribution in [0.5, 0.6) is 0 Å². The minimum atomic E-state index is 0. The molecule has 1 aromatic heterocycles. The van der Waals surface area contributed by atoms with Crippen molar-refractivity contribution >= 4 is 0 Å². The summed E-state index contributed by atoms with van der Waals surface area (Å²) in [6, 6.07) is 1.94. The molecular formula is C11H25N5Ti. The van der Waals surface area contributed by atoms with Gasteiger partial charge in [-0.15, -0.1) is 5.69 Å². The SMILES string of the molecule is C[N-]C.C[N-]C.C[N-]C.Cc1cc(C)[n-]n1.[Ti+4]. The number of aromatic nitrogens is 2. The molecule has 0 aromatic carbocycles. The number of nitrogens with zero attached hydrogens (tertiary/aromatic N) is 5. The molecule has 6 heteroatoms. The van der Waals surface area contributed by atoms with Crippen LogP contribution in [0.15, 0.2) is 6.07 Å². The van der Waals surface area contributed by atoms with Gasteiger partial charge in [-0.1, -0.05) is 13.0 Å². The van der Waals surface area contributed by atoms with Crippen molar-refractivity contribution < 1.29 is 21.7 Å². The zero-order valence-corrected chi connectivity index (χ0v) is 13.9. The van der Waals surface area contributed by atoms with E-state index in [2.05, 4.69) is 26.1 Å². The molecule has 17 heavy (non-hydrogen) atoms. The largest absolute Gasteiger partial charge is 4.00 e. The van der Waals surface area contributed by atoms with Gasteiger partial charge >= 0.3 is 21.7 Å². The second-order valence-corrected chi connectivity index (χ2v) is 2.97. The Morgan fingerprint density at radius 2 is 1.18 bits per heavy atom. The summed E-state index contributed by atoms with van der Waals surface area (Å²) in [6.07, 6.45) is 0. The molecule has 0 aliphatic heterocycles. The molecule has 0 N–H and O–H groups in total. The number of aryl methyl sites for hydroxylation is 2. The molecule has 0 amide bonds. The molecule has 0 radical (unpaired) electrons. The Labute approximate surface area is 121 Å². The quantitative estimate of drug-likeness (QED) is 0.682. The molecule has 0 atom stereocenters. The molecule has 1 heterocycles. The first-order chi connectivity index (χ1) is 7.53. The van der Waals surface area contributed by atoms with E-state index < -0.39 is 0 Å². The number of hydrogen-bond acceptors (Lipinski definition) is 1. The first-order valence-corrected chi connectivity index (χ1v) is 4.91. The first kappa shape index (κ1) is 25.6. The molecule has 0 spiro atoms. The Morgan fingerprint density at radius 3 is 1.24 bits per heavy atom. The second kappa shape index (κ2) is 24.9. The maximum Gasteiger partial charge on any atom is 4.00 e.